The summed E-state index contributed by atoms with van der Waals surface area (Å²) in [6.45, 7) is 5.66. The van der Waals surface area contributed by atoms with Gasteiger partial charge in [0, 0.05) is 5.56 Å². The Labute approximate surface area is 106 Å². The molecule has 5 nitrogen and oxygen atoms in total. The molecule has 0 aliphatic carbocycles. The van der Waals surface area contributed by atoms with Crippen LogP contribution >= 0.6 is 0 Å². The van der Waals surface area contributed by atoms with Crippen molar-refractivity contribution in [2.45, 2.75) is 25.7 Å². The highest BCUT2D eigenvalue weighted by Crippen LogP contribution is 2.28. The molecular formula is C12H14N2O3S. The molecule has 0 unspecified atom stereocenters. The fourth-order valence-corrected chi connectivity index (χ4v) is 2.29. The lowest BCUT2D eigenvalue weighted by Gasteiger charge is -2.07. The van der Waals surface area contributed by atoms with Gasteiger partial charge < -0.3 is 0 Å². The second-order valence-corrected chi connectivity index (χ2v) is 5.68. The molecule has 2 aromatic rings. The third kappa shape index (κ3) is 2.16. The van der Waals surface area contributed by atoms with Gasteiger partial charge in [-0.2, -0.15) is 13.5 Å². The average Bonchev–Trinajstić information content (AvgIpc) is 2.59. The van der Waals surface area contributed by atoms with Crippen molar-refractivity contribution in [1.82, 2.24) is 10.2 Å². The fourth-order valence-electron chi connectivity index (χ4n) is 1.78. The molecule has 0 spiro atoms. The van der Waals surface area contributed by atoms with E-state index in [1.54, 1.807) is 6.07 Å². The number of hydrogen-bond acceptors (Lipinski definition) is 3. The zero-order valence-corrected chi connectivity index (χ0v) is 11.2. The van der Waals surface area contributed by atoms with Crippen LogP contribution in [0.1, 0.15) is 16.8 Å². The number of nitrogens with zero attached hydrogens (tertiary/aromatic N) is 1. The molecule has 0 amide bonds. The summed E-state index contributed by atoms with van der Waals surface area (Å²) in [6, 6.07) is 4.49. The van der Waals surface area contributed by atoms with Crippen molar-refractivity contribution in [1.29, 1.82) is 0 Å². The molecule has 1 aromatic heterocycles. The van der Waals surface area contributed by atoms with E-state index < -0.39 is 10.1 Å². The van der Waals surface area contributed by atoms with Gasteiger partial charge in [0.05, 0.1) is 16.3 Å². The standard InChI is InChI=1S/C12H14N2O3S/c1-7-4-5-10(18(15,16)17)6-11(7)12-8(2)9(3)13-14-12/h4-6H,1-3H3,(H,13,14)(H,15,16,17). The summed E-state index contributed by atoms with van der Waals surface area (Å²) in [5, 5.41) is 6.97. The molecule has 2 rings (SSSR count). The first-order chi connectivity index (χ1) is 8.30. The number of H-pyrrole nitrogens is 1. The fraction of sp³-hybridized carbons (Fsp3) is 0.250. The molecule has 1 aromatic carbocycles. The van der Waals surface area contributed by atoms with Crippen LogP contribution in [0.3, 0.4) is 0 Å². The smallest absolute Gasteiger partial charge is 0.282 e. The minimum atomic E-state index is -4.19. The first-order valence-electron chi connectivity index (χ1n) is 5.41. The summed E-state index contributed by atoms with van der Waals surface area (Å²) in [7, 11) is -4.19. The first-order valence-corrected chi connectivity index (χ1v) is 6.85. The number of hydrogen-bond donors (Lipinski definition) is 2. The number of aryl methyl sites for hydroxylation is 2. The van der Waals surface area contributed by atoms with Gasteiger partial charge in [0.15, 0.2) is 0 Å². The van der Waals surface area contributed by atoms with Crippen LogP contribution in [0.25, 0.3) is 11.3 Å². The van der Waals surface area contributed by atoms with Crippen molar-refractivity contribution < 1.29 is 13.0 Å². The van der Waals surface area contributed by atoms with E-state index >= 15 is 0 Å². The van der Waals surface area contributed by atoms with E-state index in [0.717, 1.165) is 28.1 Å². The van der Waals surface area contributed by atoms with Crippen LogP contribution < -0.4 is 0 Å². The van der Waals surface area contributed by atoms with E-state index in [1.165, 1.54) is 12.1 Å². The van der Waals surface area contributed by atoms with E-state index in [9.17, 15) is 8.42 Å². The lowest BCUT2D eigenvalue weighted by molar-refractivity contribution is 0.483. The maximum Gasteiger partial charge on any atom is 0.294 e. The number of benzene rings is 1. The molecule has 0 saturated heterocycles. The maximum atomic E-state index is 11.1. The summed E-state index contributed by atoms with van der Waals surface area (Å²) >= 11 is 0. The highest BCUT2D eigenvalue weighted by molar-refractivity contribution is 7.85. The second-order valence-electron chi connectivity index (χ2n) is 4.26. The molecule has 0 radical (unpaired) electrons. The summed E-state index contributed by atoms with van der Waals surface area (Å²) < 4.78 is 31.4. The molecule has 1 heterocycles. The van der Waals surface area contributed by atoms with E-state index in [2.05, 4.69) is 10.2 Å². The van der Waals surface area contributed by atoms with Crippen molar-refractivity contribution in [3.63, 3.8) is 0 Å². The third-order valence-corrected chi connectivity index (χ3v) is 3.88. The van der Waals surface area contributed by atoms with E-state index in [1.807, 2.05) is 20.8 Å². The van der Waals surface area contributed by atoms with Crippen molar-refractivity contribution in [2.24, 2.45) is 0 Å². The van der Waals surface area contributed by atoms with Crippen LogP contribution in [-0.4, -0.2) is 23.2 Å². The van der Waals surface area contributed by atoms with Crippen LogP contribution in [0.4, 0.5) is 0 Å². The van der Waals surface area contributed by atoms with Crippen LogP contribution in [0.5, 0.6) is 0 Å². The van der Waals surface area contributed by atoms with Crippen molar-refractivity contribution in [2.75, 3.05) is 0 Å². The maximum absolute atomic E-state index is 11.1. The lowest BCUT2D eigenvalue weighted by Crippen LogP contribution is -1.99. The normalized spacial score (nSPS) is 11.8. The Morgan fingerprint density at radius 1 is 1.22 bits per heavy atom. The number of aromatic amines is 1. The van der Waals surface area contributed by atoms with Gasteiger partial charge in [0.25, 0.3) is 10.1 Å². The molecule has 96 valence electrons. The quantitative estimate of drug-likeness (QED) is 0.817. The third-order valence-electron chi connectivity index (χ3n) is 3.03. The Bertz CT molecular complexity index is 702. The van der Waals surface area contributed by atoms with Gasteiger partial charge in [-0.25, -0.2) is 0 Å². The zero-order valence-electron chi connectivity index (χ0n) is 10.4. The van der Waals surface area contributed by atoms with Crippen LogP contribution in [0, 0.1) is 20.8 Å². The van der Waals surface area contributed by atoms with E-state index in [4.69, 9.17) is 4.55 Å². The number of aromatic nitrogens is 2. The Morgan fingerprint density at radius 2 is 1.89 bits per heavy atom. The summed E-state index contributed by atoms with van der Waals surface area (Å²) in [4.78, 5) is -0.116. The van der Waals surface area contributed by atoms with Crippen LogP contribution in [-0.2, 0) is 10.1 Å². The first kappa shape index (κ1) is 12.8. The van der Waals surface area contributed by atoms with Crippen molar-refractivity contribution in [3.8, 4) is 11.3 Å². The molecule has 0 fully saturated rings. The minimum absolute atomic E-state index is 0.116. The van der Waals surface area contributed by atoms with Gasteiger partial charge in [0.1, 0.15) is 0 Å². The lowest BCUT2D eigenvalue weighted by atomic mass is 10.0. The van der Waals surface area contributed by atoms with E-state index in [0.29, 0.717) is 0 Å². The molecule has 0 aliphatic rings. The molecule has 0 aliphatic heterocycles. The molecule has 2 N–H and O–H groups in total. The summed E-state index contributed by atoms with van der Waals surface area (Å²) in [5.74, 6) is 0. The van der Waals surface area contributed by atoms with Gasteiger partial charge in [-0.3, -0.25) is 9.65 Å². The Morgan fingerprint density at radius 3 is 2.39 bits per heavy atom. The molecule has 6 heteroatoms. The zero-order chi connectivity index (χ0) is 13.5. The Hall–Kier alpha value is -1.66. The molecule has 0 saturated carbocycles. The number of rotatable bonds is 2. The highest BCUT2D eigenvalue weighted by Gasteiger charge is 2.15. The molecule has 0 bridgehead atoms. The number of nitrogens with one attached hydrogen (secondary N) is 1. The predicted octanol–water partition coefficient (Wildman–Crippen LogP) is 2.25. The van der Waals surface area contributed by atoms with Gasteiger partial charge in [-0.15, -0.1) is 0 Å². The topological polar surface area (TPSA) is 83.0 Å². The monoisotopic (exact) mass is 266 g/mol. The summed E-state index contributed by atoms with van der Waals surface area (Å²) in [6.07, 6.45) is 0. The average molecular weight is 266 g/mol. The minimum Gasteiger partial charge on any atom is -0.282 e. The molecule has 0 atom stereocenters. The van der Waals surface area contributed by atoms with Crippen LogP contribution in [0.15, 0.2) is 23.1 Å². The van der Waals surface area contributed by atoms with Gasteiger partial charge in [-0.1, -0.05) is 6.07 Å². The Balaban J connectivity index is 2.68. The highest BCUT2D eigenvalue weighted by atomic mass is 32.2. The SMILES string of the molecule is Cc1ccc(S(=O)(=O)O)cc1-c1[nH]nc(C)c1C. The van der Waals surface area contributed by atoms with E-state index in [-0.39, 0.29) is 4.90 Å². The van der Waals surface area contributed by atoms with Crippen molar-refractivity contribution in [3.05, 3.63) is 35.0 Å². The summed E-state index contributed by atoms with van der Waals surface area (Å²) in [5.41, 5.74) is 4.24. The van der Waals surface area contributed by atoms with Crippen LogP contribution in [0.2, 0.25) is 0 Å². The molecule has 18 heavy (non-hydrogen) atoms. The van der Waals surface area contributed by atoms with Gasteiger partial charge >= 0.3 is 0 Å². The van der Waals surface area contributed by atoms with Gasteiger partial charge in [-0.05, 0) is 44.0 Å². The molecular weight excluding hydrogens is 252 g/mol. The van der Waals surface area contributed by atoms with Gasteiger partial charge in [0.2, 0.25) is 0 Å². The van der Waals surface area contributed by atoms with Crippen molar-refractivity contribution >= 4 is 10.1 Å². The second kappa shape index (κ2) is 4.22. The Kier molecular flexibility index (Phi) is 3.00. The largest absolute Gasteiger partial charge is 0.294 e. The predicted molar refractivity (Wildman–Crippen MR) is 68.0 cm³/mol.